The van der Waals surface area contributed by atoms with E-state index in [1.54, 1.807) is 38.4 Å². The number of aromatic nitrogens is 1. The Morgan fingerprint density at radius 2 is 1.79 bits per heavy atom. The van der Waals surface area contributed by atoms with Crippen molar-refractivity contribution >= 4 is 17.5 Å². The first-order chi connectivity index (χ1) is 13.8. The molecule has 0 aliphatic heterocycles. The van der Waals surface area contributed by atoms with Crippen molar-refractivity contribution < 1.29 is 22.8 Å². The van der Waals surface area contributed by atoms with Gasteiger partial charge in [-0.3, -0.25) is 9.59 Å². The fourth-order valence-corrected chi connectivity index (χ4v) is 2.71. The molecule has 150 valence electrons. The second-order valence-electron chi connectivity index (χ2n) is 6.54. The summed E-state index contributed by atoms with van der Waals surface area (Å²) in [6.07, 6.45) is 1.43. The minimum absolute atomic E-state index is 0.0362. The molecule has 3 rings (SSSR count). The van der Waals surface area contributed by atoms with Gasteiger partial charge in [-0.1, -0.05) is 12.1 Å². The molecule has 2 amide bonds. The van der Waals surface area contributed by atoms with Crippen molar-refractivity contribution in [3.05, 3.63) is 71.8 Å². The topological polar surface area (TPSA) is 75.4 Å². The number of rotatable bonds is 6. The lowest BCUT2D eigenvalue weighted by Crippen LogP contribution is -2.22. The maximum atomic E-state index is 13.8. The number of aryl methyl sites for hydroxylation is 1. The fourth-order valence-electron chi connectivity index (χ4n) is 2.71. The van der Waals surface area contributed by atoms with E-state index in [0.29, 0.717) is 11.3 Å². The van der Waals surface area contributed by atoms with E-state index in [1.807, 2.05) is 0 Å². The largest absolute Gasteiger partial charge is 0.441 e. The van der Waals surface area contributed by atoms with E-state index in [4.69, 9.17) is 4.42 Å². The van der Waals surface area contributed by atoms with Crippen LogP contribution in [-0.4, -0.2) is 35.8 Å². The summed E-state index contributed by atoms with van der Waals surface area (Å²) in [5.41, 5.74) is 0.652. The van der Waals surface area contributed by atoms with Crippen LogP contribution in [0.1, 0.15) is 22.7 Å². The molecule has 0 atom stereocenters. The van der Waals surface area contributed by atoms with Crippen LogP contribution in [0.3, 0.4) is 0 Å². The number of benzene rings is 2. The Kier molecular flexibility index (Phi) is 6.01. The van der Waals surface area contributed by atoms with Gasteiger partial charge in [0.25, 0.3) is 5.91 Å². The molecule has 0 radical (unpaired) electrons. The molecule has 6 nitrogen and oxygen atoms in total. The lowest BCUT2D eigenvalue weighted by atomic mass is 10.1. The van der Waals surface area contributed by atoms with Crippen molar-refractivity contribution in [2.75, 3.05) is 19.4 Å². The number of carbonyl (C=O) groups is 2. The lowest BCUT2D eigenvalue weighted by molar-refractivity contribution is -0.116. The molecule has 0 bridgehead atoms. The average Bonchev–Trinajstić information content (AvgIpc) is 3.14. The van der Waals surface area contributed by atoms with Gasteiger partial charge in [-0.2, -0.15) is 0 Å². The van der Waals surface area contributed by atoms with Crippen LogP contribution in [0, 0.1) is 11.6 Å². The lowest BCUT2D eigenvalue weighted by Gasteiger charge is -2.11. The van der Waals surface area contributed by atoms with Crippen molar-refractivity contribution in [3.63, 3.8) is 0 Å². The molecule has 29 heavy (non-hydrogen) atoms. The molecule has 0 saturated carbocycles. The molecular weight excluding hydrogens is 380 g/mol. The first-order valence-electron chi connectivity index (χ1n) is 8.86. The molecule has 1 N–H and O–H groups in total. The van der Waals surface area contributed by atoms with Crippen molar-refractivity contribution in [2.24, 2.45) is 0 Å². The highest BCUT2D eigenvalue weighted by molar-refractivity contribution is 5.97. The molecule has 0 unspecified atom stereocenters. The summed E-state index contributed by atoms with van der Waals surface area (Å²) in [6.45, 7) is 0. The predicted molar refractivity (Wildman–Crippen MR) is 103 cm³/mol. The van der Waals surface area contributed by atoms with Gasteiger partial charge in [0, 0.05) is 38.2 Å². The monoisotopic (exact) mass is 399 g/mol. The van der Waals surface area contributed by atoms with Crippen LogP contribution in [-0.2, 0) is 11.2 Å². The van der Waals surface area contributed by atoms with Gasteiger partial charge in [0.2, 0.25) is 5.91 Å². The van der Waals surface area contributed by atoms with Crippen LogP contribution >= 0.6 is 0 Å². The zero-order valence-electron chi connectivity index (χ0n) is 15.9. The summed E-state index contributed by atoms with van der Waals surface area (Å²) in [5.74, 6) is -1.83. The molecule has 0 aliphatic carbocycles. The van der Waals surface area contributed by atoms with E-state index >= 15 is 0 Å². The van der Waals surface area contributed by atoms with E-state index in [-0.39, 0.29) is 41.9 Å². The van der Waals surface area contributed by atoms with Crippen LogP contribution in [0.5, 0.6) is 0 Å². The first kappa shape index (κ1) is 20.2. The second-order valence-corrected chi connectivity index (χ2v) is 6.54. The number of nitrogens with one attached hydrogen (secondary N) is 1. The number of nitrogens with zero attached hydrogens (tertiary/aromatic N) is 2. The molecule has 2 aromatic carbocycles. The van der Waals surface area contributed by atoms with Gasteiger partial charge in [0.1, 0.15) is 11.6 Å². The first-order valence-corrected chi connectivity index (χ1v) is 8.86. The van der Waals surface area contributed by atoms with Crippen molar-refractivity contribution in [2.45, 2.75) is 12.8 Å². The number of hydrogen-bond donors (Lipinski definition) is 1. The Morgan fingerprint density at radius 1 is 1.10 bits per heavy atom. The van der Waals surface area contributed by atoms with Crippen LogP contribution in [0.25, 0.3) is 11.3 Å². The number of halogens is 2. The van der Waals surface area contributed by atoms with Crippen LogP contribution < -0.4 is 5.32 Å². The summed E-state index contributed by atoms with van der Waals surface area (Å²) >= 11 is 0. The van der Waals surface area contributed by atoms with Gasteiger partial charge in [-0.05, 0) is 30.3 Å². The maximum Gasteiger partial charge on any atom is 0.253 e. The zero-order valence-corrected chi connectivity index (χ0v) is 15.9. The number of anilines is 1. The smallest absolute Gasteiger partial charge is 0.253 e. The van der Waals surface area contributed by atoms with Gasteiger partial charge < -0.3 is 14.6 Å². The Morgan fingerprint density at radius 3 is 2.48 bits per heavy atom. The Hall–Kier alpha value is -3.55. The Balaban J connectivity index is 1.62. The third kappa shape index (κ3) is 4.84. The second kappa shape index (κ2) is 8.64. The molecule has 0 aliphatic rings. The number of oxazole rings is 1. The minimum Gasteiger partial charge on any atom is -0.441 e. The third-order valence-electron chi connectivity index (χ3n) is 4.13. The van der Waals surface area contributed by atoms with Crippen molar-refractivity contribution in [3.8, 4) is 11.3 Å². The summed E-state index contributed by atoms with van der Waals surface area (Å²) in [5, 5.41) is 2.70. The predicted octanol–water partition coefficient (Wildman–Crippen LogP) is 3.89. The molecule has 1 heterocycles. The van der Waals surface area contributed by atoms with Gasteiger partial charge in [-0.15, -0.1) is 0 Å². The summed E-state index contributed by atoms with van der Waals surface area (Å²) < 4.78 is 33.0. The van der Waals surface area contributed by atoms with Crippen molar-refractivity contribution in [1.82, 2.24) is 9.88 Å². The molecular formula is C21H19F2N3O3. The van der Waals surface area contributed by atoms with Crippen molar-refractivity contribution in [1.29, 1.82) is 0 Å². The third-order valence-corrected chi connectivity index (χ3v) is 4.13. The molecule has 3 aromatic rings. The Labute approximate surface area is 166 Å². The highest BCUT2D eigenvalue weighted by Crippen LogP contribution is 2.26. The highest BCUT2D eigenvalue weighted by Gasteiger charge is 2.16. The molecule has 8 heteroatoms. The number of amides is 2. The zero-order chi connectivity index (χ0) is 21.0. The van der Waals surface area contributed by atoms with E-state index < -0.39 is 11.6 Å². The fraction of sp³-hybridized carbons (Fsp3) is 0.190. The van der Waals surface area contributed by atoms with E-state index in [9.17, 15) is 18.4 Å². The standard InChI is InChI=1S/C21H19F2N3O3/c1-26(2)21(28)13-5-3-6-14(11-13)25-18(27)9-10-19-24-12-17(29-19)20-15(22)7-4-8-16(20)23/h3-8,11-12H,9-10H2,1-2H3,(H,25,27). The van der Waals surface area contributed by atoms with Crippen LogP contribution in [0.4, 0.5) is 14.5 Å². The number of carbonyl (C=O) groups excluding carboxylic acids is 2. The maximum absolute atomic E-state index is 13.8. The van der Waals surface area contributed by atoms with Gasteiger partial charge in [0.05, 0.1) is 11.8 Å². The highest BCUT2D eigenvalue weighted by atomic mass is 19.1. The average molecular weight is 399 g/mol. The molecule has 0 saturated heterocycles. The van der Waals surface area contributed by atoms with E-state index in [1.165, 1.54) is 17.2 Å². The quantitative estimate of drug-likeness (QED) is 0.682. The normalized spacial score (nSPS) is 10.6. The minimum atomic E-state index is -0.752. The molecule has 1 aromatic heterocycles. The van der Waals surface area contributed by atoms with E-state index in [2.05, 4.69) is 10.3 Å². The van der Waals surface area contributed by atoms with Gasteiger partial charge in [0.15, 0.2) is 11.7 Å². The Bertz CT molecular complexity index is 1030. The van der Waals surface area contributed by atoms with Crippen LogP contribution in [0.15, 0.2) is 53.1 Å². The summed E-state index contributed by atoms with van der Waals surface area (Å²) in [7, 11) is 3.29. The van der Waals surface area contributed by atoms with Gasteiger partial charge in [-0.25, -0.2) is 13.8 Å². The summed E-state index contributed by atoms with van der Waals surface area (Å²) in [6, 6.07) is 10.1. The molecule has 0 fully saturated rings. The van der Waals surface area contributed by atoms with Gasteiger partial charge >= 0.3 is 0 Å². The summed E-state index contributed by atoms with van der Waals surface area (Å²) in [4.78, 5) is 29.6. The number of hydrogen-bond acceptors (Lipinski definition) is 4. The SMILES string of the molecule is CN(C)C(=O)c1cccc(NC(=O)CCc2ncc(-c3c(F)cccc3F)o2)c1. The van der Waals surface area contributed by atoms with Crippen LogP contribution in [0.2, 0.25) is 0 Å². The van der Waals surface area contributed by atoms with E-state index in [0.717, 1.165) is 12.1 Å². The molecule has 0 spiro atoms.